The number of pyridine rings is 1. The number of aromatic nitrogens is 4. The second-order valence-electron chi connectivity index (χ2n) is 9.42. The second kappa shape index (κ2) is 9.41. The second-order valence-corrected chi connectivity index (χ2v) is 9.42. The lowest BCUT2D eigenvalue weighted by molar-refractivity contribution is 0.0940. The topological polar surface area (TPSA) is 139 Å². The summed E-state index contributed by atoms with van der Waals surface area (Å²) in [4.78, 5) is 33.8. The van der Waals surface area contributed by atoms with E-state index in [1.54, 1.807) is 28.9 Å². The van der Waals surface area contributed by atoms with Crippen molar-refractivity contribution >= 4 is 34.8 Å². The summed E-state index contributed by atoms with van der Waals surface area (Å²) in [5.41, 5.74) is 9.79. The van der Waals surface area contributed by atoms with Gasteiger partial charge in [-0.3, -0.25) is 10.1 Å². The number of anilines is 3. The van der Waals surface area contributed by atoms with Crippen molar-refractivity contribution in [3.05, 3.63) is 66.2 Å². The molecule has 3 aromatic heterocycles. The third-order valence-corrected chi connectivity index (χ3v) is 5.19. The van der Waals surface area contributed by atoms with Gasteiger partial charge in [0.15, 0.2) is 5.82 Å². The highest BCUT2D eigenvalue weighted by Gasteiger charge is 2.22. The molecule has 0 saturated heterocycles. The van der Waals surface area contributed by atoms with Gasteiger partial charge in [-0.2, -0.15) is 5.10 Å². The molecule has 0 unspecified atom stereocenters. The van der Waals surface area contributed by atoms with Crippen LogP contribution in [0.25, 0.3) is 16.6 Å². The number of amides is 3. The van der Waals surface area contributed by atoms with E-state index in [0.717, 1.165) is 11.3 Å². The van der Waals surface area contributed by atoms with Gasteiger partial charge in [0.05, 0.1) is 5.56 Å². The number of urea groups is 1. The van der Waals surface area contributed by atoms with Crippen molar-refractivity contribution in [2.75, 3.05) is 22.9 Å². The molecule has 180 valence electrons. The van der Waals surface area contributed by atoms with Crippen LogP contribution in [0.3, 0.4) is 0 Å². The number of aryl methyl sites for hydroxylation is 1. The molecule has 0 atom stereocenters. The van der Waals surface area contributed by atoms with E-state index in [9.17, 15) is 9.59 Å². The molecular formula is C25H28N8O2. The number of hydrogen-bond acceptors (Lipinski definition) is 6. The number of carbonyl (C=O) groups is 2. The first-order chi connectivity index (χ1) is 16.6. The molecule has 0 aliphatic heterocycles. The van der Waals surface area contributed by atoms with Crippen LogP contribution >= 0.6 is 0 Å². The summed E-state index contributed by atoms with van der Waals surface area (Å²) in [6, 6.07) is 12.1. The van der Waals surface area contributed by atoms with Crippen LogP contribution in [0.5, 0.6) is 0 Å². The zero-order valence-electron chi connectivity index (χ0n) is 20.1. The Morgan fingerprint density at radius 3 is 2.49 bits per heavy atom. The minimum Gasteiger partial charge on any atom is -0.382 e. The van der Waals surface area contributed by atoms with Gasteiger partial charge in [-0.15, -0.1) is 0 Å². The number of nitrogens with one attached hydrogen (secondary N) is 3. The zero-order chi connectivity index (χ0) is 25.2. The van der Waals surface area contributed by atoms with E-state index in [1.807, 2.05) is 52.0 Å². The van der Waals surface area contributed by atoms with E-state index in [2.05, 4.69) is 31.0 Å². The van der Waals surface area contributed by atoms with Gasteiger partial charge in [-0.25, -0.2) is 19.3 Å². The number of fused-ring (bicyclic) bond motifs is 1. The van der Waals surface area contributed by atoms with E-state index in [-0.39, 0.29) is 17.1 Å². The number of nitrogen functional groups attached to an aromatic ring is 1. The Morgan fingerprint density at radius 1 is 1.06 bits per heavy atom. The van der Waals surface area contributed by atoms with Crippen LogP contribution in [-0.4, -0.2) is 38.1 Å². The quantitative estimate of drug-likeness (QED) is 0.345. The number of benzene rings is 1. The lowest BCUT2D eigenvalue weighted by Crippen LogP contribution is -2.32. The van der Waals surface area contributed by atoms with Gasteiger partial charge in [0.2, 0.25) is 0 Å². The molecule has 3 amide bonds. The van der Waals surface area contributed by atoms with Crippen molar-refractivity contribution in [1.82, 2.24) is 24.9 Å². The molecule has 0 aliphatic carbocycles. The Labute approximate surface area is 203 Å². The van der Waals surface area contributed by atoms with E-state index < -0.39 is 6.03 Å². The highest BCUT2D eigenvalue weighted by molar-refractivity contribution is 6.07. The lowest BCUT2D eigenvalue weighted by atomic mass is 9.96. The van der Waals surface area contributed by atoms with Crippen molar-refractivity contribution in [3.8, 4) is 11.1 Å². The van der Waals surface area contributed by atoms with E-state index in [4.69, 9.17) is 5.73 Å². The molecule has 1 aromatic carbocycles. The first kappa shape index (κ1) is 23.7. The Morgan fingerprint density at radius 2 is 1.80 bits per heavy atom. The fraction of sp³-hybridized carbons (Fsp3) is 0.240. The molecule has 35 heavy (non-hydrogen) atoms. The molecule has 0 bridgehead atoms. The van der Waals surface area contributed by atoms with Crippen molar-refractivity contribution in [1.29, 1.82) is 0 Å². The maximum atomic E-state index is 13.1. The molecule has 0 radical (unpaired) electrons. The molecule has 0 aliphatic rings. The van der Waals surface area contributed by atoms with E-state index >= 15 is 0 Å². The van der Waals surface area contributed by atoms with Crippen LogP contribution in [0.4, 0.5) is 22.1 Å². The summed E-state index contributed by atoms with van der Waals surface area (Å²) in [7, 11) is 0. The van der Waals surface area contributed by atoms with Crippen LogP contribution in [0.15, 0.2) is 55.0 Å². The predicted octanol–water partition coefficient (Wildman–Crippen LogP) is 4.10. The molecule has 4 rings (SSSR count). The average Bonchev–Trinajstić information content (AvgIpc) is 3.18. The molecule has 0 fully saturated rings. The average molecular weight is 473 g/mol. The van der Waals surface area contributed by atoms with Crippen molar-refractivity contribution in [3.63, 3.8) is 0 Å². The van der Waals surface area contributed by atoms with Gasteiger partial charge in [0.1, 0.15) is 17.7 Å². The SMILES string of the molecule is Cc1cccc(NC(=O)Nc2ccc(-c3c(C(=O)NCC(C)(C)C)cn4ncnc(N)c34)cc2)n1. The van der Waals surface area contributed by atoms with Crippen molar-refractivity contribution in [2.45, 2.75) is 27.7 Å². The van der Waals surface area contributed by atoms with Crippen molar-refractivity contribution in [2.24, 2.45) is 5.41 Å². The van der Waals surface area contributed by atoms with E-state index in [0.29, 0.717) is 34.7 Å². The van der Waals surface area contributed by atoms with Gasteiger partial charge in [0, 0.05) is 29.7 Å². The van der Waals surface area contributed by atoms with Gasteiger partial charge in [-0.1, -0.05) is 39.0 Å². The molecular weight excluding hydrogens is 444 g/mol. The van der Waals surface area contributed by atoms with Crippen LogP contribution in [0.2, 0.25) is 0 Å². The molecule has 0 saturated carbocycles. The van der Waals surface area contributed by atoms with Gasteiger partial charge in [-0.05, 0) is 42.2 Å². The molecule has 3 heterocycles. The Hall–Kier alpha value is -4.47. The first-order valence-corrected chi connectivity index (χ1v) is 11.1. The highest BCUT2D eigenvalue weighted by Crippen LogP contribution is 2.33. The maximum absolute atomic E-state index is 13.1. The van der Waals surface area contributed by atoms with Crippen LogP contribution in [0, 0.1) is 12.3 Å². The van der Waals surface area contributed by atoms with Crippen molar-refractivity contribution < 1.29 is 9.59 Å². The fourth-order valence-electron chi connectivity index (χ4n) is 3.55. The Balaban J connectivity index is 1.61. The molecule has 5 N–H and O–H groups in total. The largest absolute Gasteiger partial charge is 0.382 e. The third kappa shape index (κ3) is 5.55. The summed E-state index contributed by atoms with van der Waals surface area (Å²) < 4.78 is 1.55. The molecule has 10 nitrogen and oxygen atoms in total. The Bertz CT molecular complexity index is 1390. The molecule has 0 spiro atoms. The minimum absolute atomic E-state index is 0.0737. The molecule has 4 aromatic rings. The number of rotatable bonds is 5. The standard InChI is InChI=1S/C25H28N8O2/c1-15-6-5-7-19(30-15)32-24(35)31-17-10-8-16(9-11-17)20-18(23(34)27-13-25(2,3)4)12-33-21(20)22(26)28-14-29-33/h5-12,14H,13H2,1-4H3,(H,27,34)(H2,26,28,29)(H2,30,31,32,35). The predicted molar refractivity (Wildman–Crippen MR) is 136 cm³/mol. The summed E-state index contributed by atoms with van der Waals surface area (Å²) >= 11 is 0. The summed E-state index contributed by atoms with van der Waals surface area (Å²) in [6.07, 6.45) is 2.99. The Kier molecular flexibility index (Phi) is 6.37. The van der Waals surface area contributed by atoms with Gasteiger partial charge >= 0.3 is 6.03 Å². The summed E-state index contributed by atoms with van der Waals surface area (Å²) in [5, 5.41) is 12.7. The molecule has 10 heteroatoms. The number of hydrogen-bond donors (Lipinski definition) is 4. The summed E-state index contributed by atoms with van der Waals surface area (Å²) in [5.74, 6) is 0.491. The number of nitrogens with zero attached hydrogens (tertiary/aromatic N) is 4. The first-order valence-electron chi connectivity index (χ1n) is 11.1. The fourth-order valence-corrected chi connectivity index (χ4v) is 3.55. The lowest BCUT2D eigenvalue weighted by Gasteiger charge is -2.18. The van der Waals surface area contributed by atoms with E-state index in [1.165, 1.54) is 6.33 Å². The van der Waals surface area contributed by atoms with Crippen LogP contribution in [-0.2, 0) is 0 Å². The summed E-state index contributed by atoms with van der Waals surface area (Å²) in [6.45, 7) is 8.50. The number of nitrogens with two attached hydrogens (primary N) is 1. The number of carbonyl (C=O) groups excluding carboxylic acids is 2. The minimum atomic E-state index is -0.412. The highest BCUT2D eigenvalue weighted by atomic mass is 16.2. The van der Waals surface area contributed by atoms with Gasteiger partial charge in [0.25, 0.3) is 5.91 Å². The van der Waals surface area contributed by atoms with Crippen LogP contribution in [0.1, 0.15) is 36.8 Å². The van der Waals surface area contributed by atoms with Gasteiger partial charge < -0.3 is 16.4 Å². The monoisotopic (exact) mass is 472 g/mol. The third-order valence-electron chi connectivity index (χ3n) is 5.19. The normalized spacial score (nSPS) is 11.3. The smallest absolute Gasteiger partial charge is 0.324 e. The maximum Gasteiger partial charge on any atom is 0.324 e. The zero-order valence-corrected chi connectivity index (χ0v) is 20.1. The van der Waals surface area contributed by atoms with Crippen LogP contribution < -0.4 is 21.7 Å².